The zero-order valence-corrected chi connectivity index (χ0v) is 7.99. The number of amides is 1. The maximum Gasteiger partial charge on any atom is 0.222 e. The lowest BCUT2D eigenvalue weighted by Gasteiger charge is -2.30. The van der Waals surface area contributed by atoms with Gasteiger partial charge in [0.25, 0.3) is 0 Å². The van der Waals surface area contributed by atoms with Crippen molar-refractivity contribution < 1.29 is 9.90 Å². The van der Waals surface area contributed by atoms with Gasteiger partial charge in [-0.15, -0.1) is 0 Å². The van der Waals surface area contributed by atoms with Crippen molar-refractivity contribution in [2.75, 3.05) is 7.05 Å². The molecule has 2 rings (SSSR count). The SMILES string of the molecule is CNC(=O)C1C[C@@H]2CC[C@@H](C1)C2O. The van der Waals surface area contributed by atoms with E-state index in [-0.39, 0.29) is 17.9 Å². The van der Waals surface area contributed by atoms with Gasteiger partial charge in [-0.25, -0.2) is 0 Å². The molecule has 2 aliphatic rings. The fourth-order valence-corrected chi connectivity index (χ4v) is 2.91. The van der Waals surface area contributed by atoms with Gasteiger partial charge in [0.05, 0.1) is 6.10 Å². The number of hydrogen-bond donors (Lipinski definition) is 2. The summed E-state index contributed by atoms with van der Waals surface area (Å²) in [6.07, 6.45) is 3.87. The molecule has 0 aliphatic heterocycles. The van der Waals surface area contributed by atoms with Crippen LogP contribution in [-0.2, 0) is 4.79 Å². The van der Waals surface area contributed by atoms with Crippen LogP contribution in [0.1, 0.15) is 25.7 Å². The Balaban J connectivity index is 2.02. The first kappa shape index (κ1) is 9.00. The molecule has 2 saturated carbocycles. The molecule has 0 unspecified atom stereocenters. The van der Waals surface area contributed by atoms with E-state index in [0.29, 0.717) is 11.8 Å². The molecule has 2 bridgehead atoms. The Labute approximate surface area is 78.5 Å². The van der Waals surface area contributed by atoms with Crippen LogP contribution in [0.2, 0.25) is 0 Å². The number of nitrogens with one attached hydrogen (secondary N) is 1. The predicted molar refractivity (Wildman–Crippen MR) is 49.0 cm³/mol. The number of carbonyl (C=O) groups excluding carboxylic acids is 1. The lowest BCUT2D eigenvalue weighted by atomic mass is 9.78. The molecule has 1 amide bonds. The maximum atomic E-state index is 11.4. The lowest BCUT2D eigenvalue weighted by molar-refractivity contribution is -0.127. The van der Waals surface area contributed by atoms with Gasteiger partial charge < -0.3 is 10.4 Å². The first-order chi connectivity index (χ1) is 6.22. The van der Waals surface area contributed by atoms with E-state index in [4.69, 9.17) is 0 Å². The molecule has 0 aromatic heterocycles. The number of hydrogen-bond acceptors (Lipinski definition) is 2. The molecule has 0 radical (unpaired) electrons. The molecular weight excluding hydrogens is 166 g/mol. The Morgan fingerprint density at radius 2 is 1.85 bits per heavy atom. The van der Waals surface area contributed by atoms with Crippen LogP contribution in [0.15, 0.2) is 0 Å². The smallest absolute Gasteiger partial charge is 0.222 e. The van der Waals surface area contributed by atoms with Crippen LogP contribution in [0.4, 0.5) is 0 Å². The Bertz CT molecular complexity index is 203. The van der Waals surface area contributed by atoms with Crippen molar-refractivity contribution in [3.05, 3.63) is 0 Å². The predicted octanol–water partition coefficient (Wildman–Crippen LogP) is 0.529. The normalized spacial score (nSPS) is 43.2. The summed E-state index contributed by atoms with van der Waals surface area (Å²) in [5.41, 5.74) is 0. The summed E-state index contributed by atoms with van der Waals surface area (Å²) < 4.78 is 0. The Hall–Kier alpha value is -0.570. The summed E-state index contributed by atoms with van der Waals surface area (Å²) in [5.74, 6) is 1.09. The second-order valence-corrected chi connectivity index (χ2v) is 4.37. The van der Waals surface area contributed by atoms with Crippen LogP contribution in [0.25, 0.3) is 0 Å². The standard InChI is InChI=1S/C10H17NO2/c1-11-10(13)8-4-6-2-3-7(5-8)9(6)12/h6-9,12H,2-5H2,1H3,(H,11,13)/t6-,7-,8?,9?/m0/s1. The number of fused-ring (bicyclic) bond motifs is 2. The molecule has 3 heteroatoms. The van der Waals surface area contributed by atoms with E-state index >= 15 is 0 Å². The third kappa shape index (κ3) is 1.46. The minimum Gasteiger partial charge on any atom is -0.393 e. The number of aliphatic hydroxyl groups excluding tert-OH is 1. The van der Waals surface area contributed by atoms with E-state index in [1.807, 2.05) is 0 Å². The monoisotopic (exact) mass is 183 g/mol. The molecule has 0 heterocycles. The van der Waals surface area contributed by atoms with Crippen LogP contribution >= 0.6 is 0 Å². The van der Waals surface area contributed by atoms with Gasteiger partial charge in [-0.2, -0.15) is 0 Å². The van der Waals surface area contributed by atoms with E-state index in [1.165, 1.54) is 0 Å². The highest BCUT2D eigenvalue weighted by Gasteiger charge is 2.43. The fraction of sp³-hybridized carbons (Fsp3) is 0.900. The molecule has 0 saturated heterocycles. The summed E-state index contributed by atoms with van der Waals surface area (Å²) in [7, 11) is 1.69. The van der Waals surface area contributed by atoms with Gasteiger partial charge >= 0.3 is 0 Å². The van der Waals surface area contributed by atoms with Crippen molar-refractivity contribution in [1.29, 1.82) is 0 Å². The second-order valence-electron chi connectivity index (χ2n) is 4.37. The second kappa shape index (κ2) is 3.29. The van der Waals surface area contributed by atoms with Crippen molar-refractivity contribution >= 4 is 5.91 Å². The molecule has 2 aliphatic carbocycles. The number of carbonyl (C=O) groups is 1. The number of rotatable bonds is 1. The maximum absolute atomic E-state index is 11.4. The molecule has 2 atom stereocenters. The first-order valence-corrected chi connectivity index (χ1v) is 5.12. The average Bonchev–Trinajstić information content (AvgIpc) is 2.42. The van der Waals surface area contributed by atoms with Crippen molar-refractivity contribution in [2.45, 2.75) is 31.8 Å². The first-order valence-electron chi connectivity index (χ1n) is 5.12. The highest BCUT2D eigenvalue weighted by Crippen LogP contribution is 2.44. The van der Waals surface area contributed by atoms with Gasteiger partial charge in [-0.1, -0.05) is 0 Å². The van der Waals surface area contributed by atoms with Crippen LogP contribution in [0.3, 0.4) is 0 Å². The van der Waals surface area contributed by atoms with Crippen LogP contribution < -0.4 is 5.32 Å². The topological polar surface area (TPSA) is 49.3 Å². The Morgan fingerprint density at radius 1 is 1.31 bits per heavy atom. The van der Waals surface area contributed by atoms with Crippen molar-refractivity contribution in [3.8, 4) is 0 Å². The minimum absolute atomic E-state index is 0.124. The molecule has 2 fully saturated rings. The highest BCUT2D eigenvalue weighted by molar-refractivity contribution is 5.78. The van der Waals surface area contributed by atoms with Crippen LogP contribution in [0.5, 0.6) is 0 Å². The summed E-state index contributed by atoms with van der Waals surface area (Å²) in [6.45, 7) is 0. The van der Waals surface area contributed by atoms with Crippen molar-refractivity contribution in [1.82, 2.24) is 5.32 Å². The average molecular weight is 183 g/mol. The quantitative estimate of drug-likeness (QED) is 0.623. The van der Waals surface area contributed by atoms with Gasteiger partial charge in [-0.05, 0) is 37.5 Å². The molecular formula is C10H17NO2. The van der Waals surface area contributed by atoms with Gasteiger partial charge in [-0.3, -0.25) is 4.79 Å². The number of aliphatic hydroxyl groups is 1. The van der Waals surface area contributed by atoms with E-state index in [1.54, 1.807) is 7.05 Å². The van der Waals surface area contributed by atoms with Gasteiger partial charge in [0.1, 0.15) is 0 Å². The molecule has 2 N–H and O–H groups in total. The lowest BCUT2D eigenvalue weighted by Crippen LogP contribution is -2.37. The van der Waals surface area contributed by atoms with Crippen LogP contribution in [0, 0.1) is 17.8 Å². The Kier molecular flexibility index (Phi) is 2.28. The summed E-state index contributed by atoms with van der Waals surface area (Å²) in [4.78, 5) is 11.4. The highest BCUT2D eigenvalue weighted by atomic mass is 16.3. The molecule has 0 aromatic rings. The Morgan fingerprint density at radius 3 is 2.31 bits per heavy atom. The van der Waals surface area contributed by atoms with Crippen LogP contribution in [-0.4, -0.2) is 24.2 Å². The molecule has 0 aromatic carbocycles. The third-order valence-corrected chi connectivity index (χ3v) is 3.67. The van der Waals surface area contributed by atoms with Gasteiger partial charge in [0.15, 0.2) is 0 Å². The molecule has 74 valence electrons. The molecule has 13 heavy (non-hydrogen) atoms. The van der Waals surface area contributed by atoms with E-state index < -0.39 is 0 Å². The fourth-order valence-electron chi connectivity index (χ4n) is 2.91. The largest absolute Gasteiger partial charge is 0.393 e. The zero-order valence-electron chi connectivity index (χ0n) is 7.99. The van der Waals surface area contributed by atoms with E-state index in [2.05, 4.69) is 5.32 Å². The van der Waals surface area contributed by atoms with Crippen molar-refractivity contribution in [2.24, 2.45) is 17.8 Å². The van der Waals surface area contributed by atoms with Gasteiger partial charge in [0, 0.05) is 13.0 Å². The summed E-state index contributed by atoms with van der Waals surface area (Å²) in [5, 5.41) is 12.4. The summed E-state index contributed by atoms with van der Waals surface area (Å²) in [6, 6.07) is 0. The van der Waals surface area contributed by atoms with Gasteiger partial charge in [0.2, 0.25) is 5.91 Å². The molecule has 0 spiro atoms. The molecule has 3 nitrogen and oxygen atoms in total. The summed E-state index contributed by atoms with van der Waals surface area (Å²) >= 11 is 0. The zero-order chi connectivity index (χ0) is 9.42. The third-order valence-electron chi connectivity index (χ3n) is 3.67. The van der Waals surface area contributed by atoms with E-state index in [9.17, 15) is 9.90 Å². The van der Waals surface area contributed by atoms with E-state index in [0.717, 1.165) is 25.7 Å². The van der Waals surface area contributed by atoms with Crippen molar-refractivity contribution in [3.63, 3.8) is 0 Å². The minimum atomic E-state index is -0.124.